The molecule has 5 N–H and O–H groups in total. The van der Waals surface area contributed by atoms with E-state index in [1.54, 1.807) is 11.7 Å². The summed E-state index contributed by atoms with van der Waals surface area (Å²) < 4.78 is 0. The Bertz CT molecular complexity index is 1130. The lowest BCUT2D eigenvalue weighted by Crippen LogP contribution is -2.17. The number of aromatic nitrogens is 2. The van der Waals surface area contributed by atoms with Crippen LogP contribution in [0.2, 0.25) is 0 Å². The number of nitrogens with zero attached hydrogens (tertiary/aromatic N) is 2. The highest BCUT2D eigenvalue weighted by Gasteiger charge is 2.07. The van der Waals surface area contributed by atoms with Crippen LogP contribution in [0.25, 0.3) is 0 Å². The number of nitrogens with one attached hydrogen (secondary N) is 4. The number of rotatable bonds is 12. The number of hydrogen-bond acceptors (Lipinski definition) is 7. The third-order valence-corrected chi connectivity index (χ3v) is 5.36. The average Bonchev–Trinajstić information content (AvgIpc) is 2.84. The van der Waals surface area contributed by atoms with E-state index in [9.17, 15) is 9.59 Å². The van der Waals surface area contributed by atoms with Gasteiger partial charge in [0.1, 0.15) is 5.82 Å². The molecule has 0 saturated heterocycles. The van der Waals surface area contributed by atoms with E-state index in [4.69, 9.17) is 5.21 Å². The molecule has 0 aliphatic carbocycles. The normalized spacial score (nSPS) is 10.5. The summed E-state index contributed by atoms with van der Waals surface area (Å²) in [6.45, 7) is 4.00. The minimum absolute atomic E-state index is 0.0486. The van der Waals surface area contributed by atoms with E-state index in [0.29, 0.717) is 30.9 Å². The number of anilines is 5. The monoisotopic (exact) mass is 476 g/mol. The topological polar surface area (TPSA) is 128 Å². The zero-order valence-electron chi connectivity index (χ0n) is 20.1. The highest BCUT2D eigenvalue weighted by atomic mass is 16.5. The summed E-state index contributed by atoms with van der Waals surface area (Å²) in [5, 5.41) is 17.9. The first-order chi connectivity index (χ1) is 16.9. The fourth-order valence-corrected chi connectivity index (χ4v) is 3.46. The lowest BCUT2D eigenvalue weighted by atomic mass is 10.1. The smallest absolute Gasteiger partial charge is 0.243 e. The van der Waals surface area contributed by atoms with Crippen LogP contribution < -0.4 is 21.4 Å². The number of hydroxylamine groups is 1. The van der Waals surface area contributed by atoms with Crippen molar-refractivity contribution in [2.75, 3.05) is 16.0 Å². The summed E-state index contributed by atoms with van der Waals surface area (Å²) in [5.41, 5.74) is 6.20. The molecule has 0 unspecified atom stereocenters. The highest BCUT2D eigenvalue weighted by Crippen LogP contribution is 2.22. The molecule has 0 saturated carbocycles. The number of amides is 2. The van der Waals surface area contributed by atoms with Gasteiger partial charge in [-0.2, -0.15) is 4.98 Å². The third-order valence-electron chi connectivity index (χ3n) is 5.36. The van der Waals surface area contributed by atoms with Crippen LogP contribution in [-0.2, 0) is 9.59 Å². The first-order valence-corrected chi connectivity index (χ1v) is 11.7. The quantitative estimate of drug-likeness (QED) is 0.135. The third kappa shape index (κ3) is 8.71. The molecule has 0 bridgehead atoms. The maximum Gasteiger partial charge on any atom is 0.243 e. The van der Waals surface area contributed by atoms with Crippen LogP contribution in [-0.4, -0.2) is 27.0 Å². The van der Waals surface area contributed by atoms with Crippen molar-refractivity contribution in [3.63, 3.8) is 0 Å². The van der Waals surface area contributed by atoms with Gasteiger partial charge in [0.2, 0.25) is 17.8 Å². The van der Waals surface area contributed by atoms with Crippen molar-refractivity contribution in [3.05, 3.63) is 65.9 Å². The number of hydrogen-bond donors (Lipinski definition) is 5. The van der Waals surface area contributed by atoms with Crippen LogP contribution in [0.4, 0.5) is 28.8 Å². The molecule has 0 spiro atoms. The Hall–Kier alpha value is -3.98. The van der Waals surface area contributed by atoms with Crippen molar-refractivity contribution in [3.8, 4) is 0 Å². The van der Waals surface area contributed by atoms with E-state index >= 15 is 0 Å². The van der Waals surface area contributed by atoms with Gasteiger partial charge in [0.25, 0.3) is 0 Å². The summed E-state index contributed by atoms with van der Waals surface area (Å²) in [6, 6.07) is 15.5. The molecule has 9 heteroatoms. The molecule has 3 aromatic rings. The second kappa shape index (κ2) is 13.0. The van der Waals surface area contributed by atoms with Gasteiger partial charge < -0.3 is 16.0 Å². The maximum absolute atomic E-state index is 12.2. The lowest BCUT2D eigenvalue weighted by molar-refractivity contribution is -0.129. The predicted octanol–water partition coefficient (Wildman–Crippen LogP) is 5.37. The predicted molar refractivity (Wildman–Crippen MR) is 137 cm³/mol. The molecule has 0 atom stereocenters. The molecule has 184 valence electrons. The first kappa shape index (κ1) is 25.6. The second-order valence-electron chi connectivity index (χ2n) is 8.42. The van der Waals surface area contributed by atoms with E-state index in [0.717, 1.165) is 47.6 Å². The second-order valence-corrected chi connectivity index (χ2v) is 8.42. The van der Waals surface area contributed by atoms with Gasteiger partial charge >= 0.3 is 0 Å². The average molecular weight is 477 g/mol. The Labute approximate surface area is 205 Å². The van der Waals surface area contributed by atoms with Crippen molar-refractivity contribution >= 4 is 40.6 Å². The van der Waals surface area contributed by atoms with Crippen molar-refractivity contribution in [1.29, 1.82) is 0 Å². The van der Waals surface area contributed by atoms with E-state index in [1.165, 1.54) is 0 Å². The summed E-state index contributed by atoms with van der Waals surface area (Å²) >= 11 is 0. The molecule has 1 heterocycles. The highest BCUT2D eigenvalue weighted by molar-refractivity contribution is 5.90. The zero-order valence-corrected chi connectivity index (χ0v) is 20.1. The fraction of sp³-hybridized carbons (Fsp3) is 0.308. The van der Waals surface area contributed by atoms with Gasteiger partial charge in [-0.3, -0.25) is 14.8 Å². The van der Waals surface area contributed by atoms with Crippen LogP contribution in [0.3, 0.4) is 0 Å². The van der Waals surface area contributed by atoms with Crippen LogP contribution in [0.1, 0.15) is 49.7 Å². The van der Waals surface area contributed by atoms with Gasteiger partial charge in [0.15, 0.2) is 0 Å². The number of carbonyl (C=O) groups is 2. The van der Waals surface area contributed by atoms with Crippen LogP contribution >= 0.6 is 0 Å². The number of carbonyl (C=O) groups excluding carboxylic acids is 2. The minimum atomic E-state index is -0.381. The summed E-state index contributed by atoms with van der Waals surface area (Å²) in [6.07, 6.45) is 5.61. The number of unbranched alkanes of at least 4 members (excludes halogenated alkanes) is 3. The summed E-state index contributed by atoms with van der Waals surface area (Å²) in [7, 11) is 0. The molecule has 0 radical (unpaired) electrons. The molecule has 0 aliphatic rings. The van der Waals surface area contributed by atoms with E-state index < -0.39 is 0 Å². The van der Waals surface area contributed by atoms with Crippen molar-refractivity contribution in [1.82, 2.24) is 15.4 Å². The van der Waals surface area contributed by atoms with E-state index in [2.05, 4.69) is 32.0 Å². The Kier molecular flexibility index (Phi) is 9.56. The molecule has 35 heavy (non-hydrogen) atoms. The number of aryl methyl sites for hydroxylation is 2. The Morgan fingerprint density at radius 3 is 2.20 bits per heavy atom. The Morgan fingerprint density at radius 1 is 0.829 bits per heavy atom. The Balaban J connectivity index is 1.47. The summed E-state index contributed by atoms with van der Waals surface area (Å²) in [4.78, 5) is 32.1. The number of benzene rings is 2. The van der Waals surface area contributed by atoms with Crippen LogP contribution in [0.5, 0.6) is 0 Å². The molecular formula is C26H32N6O3. The molecule has 2 amide bonds. The zero-order chi connectivity index (χ0) is 25.0. The maximum atomic E-state index is 12.2. The Morgan fingerprint density at radius 2 is 1.51 bits per heavy atom. The first-order valence-electron chi connectivity index (χ1n) is 11.7. The standard InChI is InChI=1S/C26H32N6O3/c1-18-8-7-9-22(16-18)29-25-19(2)17-27-26(31-25)30-21-14-12-20(13-15-21)28-23(33)10-5-3-4-6-11-24(34)32-35/h7-9,12-17,35H,3-6,10-11H2,1-2H3,(H,28,33)(H,32,34)(H2,27,29,30,31). The molecule has 1 aromatic heterocycles. The molecule has 3 rings (SSSR count). The summed E-state index contributed by atoms with van der Waals surface area (Å²) in [5.74, 6) is 0.772. The van der Waals surface area contributed by atoms with Gasteiger partial charge in [0.05, 0.1) is 0 Å². The van der Waals surface area contributed by atoms with E-state index in [1.807, 2.05) is 56.3 Å². The van der Waals surface area contributed by atoms with Crippen molar-refractivity contribution in [2.24, 2.45) is 0 Å². The van der Waals surface area contributed by atoms with Crippen LogP contribution in [0.15, 0.2) is 54.7 Å². The SMILES string of the molecule is Cc1cccc(Nc2nc(Nc3ccc(NC(=O)CCCCCCC(=O)NO)cc3)ncc2C)c1. The largest absolute Gasteiger partial charge is 0.340 e. The van der Waals surface area contributed by atoms with Gasteiger partial charge in [-0.1, -0.05) is 25.0 Å². The molecule has 0 aliphatic heterocycles. The fourth-order valence-electron chi connectivity index (χ4n) is 3.46. The van der Waals surface area contributed by atoms with E-state index in [-0.39, 0.29) is 11.8 Å². The molecule has 9 nitrogen and oxygen atoms in total. The van der Waals surface area contributed by atoms with Crippen molar-refractivity contribution < 1.29 is 14.8 Å². The molecular weight excluding hydrogens is 444 g/mol. The van der Waals surface area contributed by atoms with Gasteiger partial charge in [0, 0.05) is 41.7 Å². The minimum Gasteiger partial charge on any atom is -0.340 e. The van der Waals surface area contributed by atoms with Crippen molar-refractivity contribution in [2.45, 2.75) is 52.4 Å². The van der Waals surface area contributed by atoms with Crippen LogP contribution in [0, 0.1) is 13.8 Å². The van der Waals surface area contributed by atoms with Gasteiger partial charge in [-0.15, -0.1) is 0 Å². The van der Waals surface area contributed by atoms with Gasteiger partial charge in [-0.05, 0) is 68.7 Å². The molecule has 2 aromatic carbocycles. The lowest BCUT2D eigenvalue weighted by Gasteiger charge is -2.12. The van der Waals surface area contributed by atoms with Gasteiger partial charge in [-0.25, -0.2) is 10.5 Å². The molecule has 0 fully saturated rings.